The number of hydrogen-bond donors (Lipinski definition) is 2. The molecule has 23 heavy (non-hydrogen) atoms. The minimum atomic E-state index is -0.846. The molecule has 1 atom stereocenters. The van der Waals surface area contributed by atoms with E-state index in [4.69, 9.17) is 9.84 Å². The van der Waals surface area contributed by atoms with Gasteiger partial charge in [-0.05, 0) is 24.0 Å². The lowest BCUT2D eigenvalue weighted by molar-refractivity contribution is -0.137. The lowest BCUT2D eigenvalue weighted by Gasteiger charge is -2.33. The number of morpholine rings is 1. The average molecular weight is 320 g/mol. The molecule has 1 saturated heterocycles. The molecule has 1 aliphatic heterocycles. The molecule has 0 spiro atoms. The van der Waals surface area contributed by atoms with Gasteiger partial charge in [0.1, 0.15) is 6.10 Å². The highest BCUT2D eigenvalue weighted by Crippen LogP contribution is 2.22. The molecular formula is C17H24N2O4. The fourth-order valence-electron chi connectivity index (χ4n) is 2.55. The van der Waals surface area contributed by atoms with E-state index in [0.29, 0.717) is 32.7 Å². The summed E-state index contributed by atoms with van der Waals surface area (Å²) in [5.74, 6) is -0.846. The number of carboxylic acids is 1. The second-order valence-electron chi connectivity index (χ2n) is 5.63. The van der Waals surface area contributed by atoms with E-state index in [-0.39, 0.29) is 18.6 Å². The van der Waals surface area contributed by atoms with Gasteiger partial charge in [-0.15, -0.1) is 0 Å². The van der Waals surface area contributed by atoms with Crippen LogP contribution in [-0.2, 0) is 16.0 Å². The molecule has 0 aromatic heterocycles. The third kappa shape index (κ3) is 5.25. The van der Waals surface area contributed by atoms with Crippen LogP contribution in [0.4, 0.5) is 4.79 Å². The van der Waals surface area contributed by atoms with Crippen molar-refractivity contribution in [1.82, 2.24) is 10.2 Å². The second-order valence-corrected chi connectivity index (χ2v) is 5.63. The van der Waals surface area contributed by atoms with Gasteiger partial charge in [0.05, 0.1) is 13.2 Å². The number of nitrogens with zero attached hydrogens (tertiary/aromatic N) is 1. The summed E-state index contributed by atoms with van der Waals surface area (Å²) < 4.78 is 5.78. The SMILES string of the molecule is CCc1ccc(C2CN(C(=O)NCCCC(=O)O)CCO2)cc1. The van der Waals surface area contributed by atoms with Crippen molar-refractivity contribution in [3.05, 3.63) is 35.4 Å². The molecule has 2 amide bonds. The first-order chi connectivity index (χ1) is 11.1. The fourth-order valence-corrected chi connectivity index (χ4v) is 2.55. The quantitative estimate of drug-likeness (QED) is 0.788. The summed E-state index contributed by atoms with van der Waals surface area (Å²) in [5, 5.41) is 11.4. The Hall–Kier alpha value is -2.08. The Bertz CT molecular complexity index is 530. The zero-order valence-electron chi connectivity index (χ0n) is 13.5. The van der Waals surface area contributed by atoms with E-state index < -0.39 is 5.97 Å². The number of urea groups is 1. The highest BCUT2D eigenvalue weighted by Gasteiger charge is 2.25. The first-order valence-corrected chi connectivity index (χ1v) is 8.05. The number of nitrogens with one attached hydrogen (secondary N) is 1. The van der Waals surface area contributed by atoms with E-state index in [1.165, 1.54) is 5.56 Å². The monoisotopic (exact) mass is 320 g/mol. The van der Waals surface area contributed by atoms with Gasteiger partial charge in [0, 0.05) is 19.5 Å². The van der Waals surface area contributed by atoms with Gasteiger partial charge in [-0.1, -0.05) is 31.2 Å². The van der Waals surface area contributed by atoms with Crippen molar-refractivity contribution >= 4 is 12.0 Å². The largest absolute Gasteiger partial charge is 0.481 e. The minimum Gasteiger partial charge on any atom is -0.481 e. The molecule has 0 aliphatic carbocycles. The fraction of sp³-hybridized carbons (Fsp3) is 0.529. The molecule has 0 radical (unpaired) electrons. The standard InChI is InChI=1S/C17H24N2O4/c1-2-13-5-7-14(8-6-13)15-12-19(10-11-23-15)17(22)18-9-3-4-16(20)21/h5-8,15H,2-4,9-12H2,1H3,(H,18,22)(H,20,21). The molecule has 1 aromatic carbocycles. The molecule has 0 bridgehead atoms. The van der Waals surface area contributed by atoms with Crippen molar-refractivity contribution in [2.75, 3.05) is 26.2 Å². The van der Waals surface area contributed by atoms with Crippen molar-refractivity contribution in [1.29, 1.82) is 0 Å². The zero-order valence-corrected chi connectivity index (χ0v) is 13.5. The van der Waals surface area contributed by atoms with Gasteiger partial charge in [0.15, 0.2) is 0 Å². The molecule has 6 nitrogen and oxygen atoms in total. The number of benzene rings is 1. The van der Waals surface area contributed by atoms with Crippen molar-refractivity contribution in [3.8, 4) is 0 Å². The van der Waals surface area contributed by atoms with Crippen LogP contribution in [0.1, 0.15) is 37.0 Å². The first-order valence-electron chi connectivity index (χ1n) is 8.05. The van der Waals surface area contributed by atoms with Gasteiger partial charge >= 0.3 is 12.0 Å². The Balaban J connectivity index is 1.84. The van der Waals surface area contributed by atoms with E-state index in [1.54, 1.807) is 4.90 Å². The topological polar surface area (TPSA) is 78.9 Å². The molecule has 126 valence electrons. The molecule has 1 unspecified atom stereocenters. The number of amides is 2. The maximum atomic E-state index is 12.1. The third-order valence-corrected chi connectivity index (χ3v) is 3.96. The normalized spacial score (nSPS) is 17.8. The van der Waals surface area contributed by atoms with Crippen LogP contribution in [0.3, 0.4) is 0 Å². The number of aryl methyl sites for hydroxylation is 1. The van der Waals surface area contributed by atoms with Crippen LogP contribution in [-0.4, -0.2) is 48.2 Å². The van der Waals surface area contributed by atoms with Crippen molar-refractivity contribution in [3.63, 3.8) is 0 Å². The zero-order chi connectivity index (χ0) is 16.7. The predicted molar refractivity (Wildman–Crippen MR) is 86.4 cm³/mol. The van der Waals surface area contributed by atoms with E-state index in [9.17, 15) is 9.59 Å². The number of rotatable bonds is 6. The van der Waals surface area contributed by atoms with Gasteiger partial charge < -0.3 is 20.1 Å². The molecule has 0 saturated carbocycles. The average Bonchev–Trinajstić information content (AvgIpc) is 2.58. The minimum absolute atomic E-state index is 0.0653. The first kappa shape index (κ1) is 17.3. The third-order valence-electron chi connectivity index (χ3n) is 3.96. The van der Waals surface area contributed by atoms with Gasteiger partial charge in [-0.3, -0.25) is 4.79 Å². The Labute approximate surface area is 136 Å². The highest BCUT2D eigenvalue weighted by atomic mass is 16.5. The van der Waals surface area contributed by atoms with Gasteiger partial charge in [-0.2, -0.15) is 0 Å². The van der Waals surface area contributed by atoms with Crippen LogP contribution in [0, 0.1) is 0 Å². The summed E-state index contributed by atoms with van der Waals surface area (Å²) in [6.07, 6.45) is 1.39. The summed E-state index contributed by atoms with van der Waals surface area (Å²) in [6.45, 7) is 4.05. The van der Waals surface area contributed by atoms with E-state index in [0.717, 1.165) is 12.0 Å². The smallest absolute Gasteiger partial charge is 0.317 e. The summed E-state index contributed by atoms with van der Waals surface area (Å²) in [7, 11) is 0. The molecular weight excluding hydrogens is 296 g/mol. The Morgan fingerprint density at radius 3 is 2.74 bits per heavy atom. The van der Waals surface area contributed by atoms with Crippen LogP contribution in [0.5, 0.6) is 0 Å². The predicted octanol–water partition coefficient (Wildman–Crippen LogP) is 2.20. The summed E-state index contributed by atoms with van der Waals surface area (Å²) in [6, 6.07) is 8.12. The number of carbonyl (C=O) groups is 2. The second kappa shape index (κ2) is 8.53. The van der Waals surface area contributed by atoms with Gasteiger partial charge in [-0.25, -0.2) is 4.79 Å². The van der Waals surface area contributed by atoms with Crippen LogP contribution in [0.15, 0.2) is 24.3 Å². The van der Waals surface area contributed by atoms with Gasteiger partial charge in [0.2, 0.25) is 0 Å². The summed E-state index contributed by atoms with van der Waals surface area (Å²) in [5.41, 5.74) is 2.35. The lowest BCUT2D eigenvalue weighted by atomic mass is 10.0. The Morgan fingerprint density at radius 1 is 1.35 bits per heavy atom. The van der Waals surface area contributed by atoms with Crippen molar-refractivity contribution < 1.29 is 19.4 Å². The van der Waals surface area contributed by atoms with Crippen LogP contribution < -0.4 is 5.32 Å². The summed E-state index contributed by atoms with van der Waals surface area (Å²) in [4.78, 5) is 24.3. The molecule has 6 heteroatoms. The lowest BCUT2D eigenvalue weighted by Crippen LogP contribution is -2.47. The van der Waals surface area contributed by atoms with Gasteiger partial charge in [0.25, 0.3) is 0 Å². The number of aliphatic carboxylic acids is 1. The van der Waals surface area contributed by atoms with Crippen molar-refractivity contribution in [2.45, 2.75) is 32.3 Å². The Kier molecular flexibility index (Phi) is 6.40. The molecule has 2 rings (SSSR count). The van der Waals surface area contributed by atoms with Crippen LogP contribution >= 0.6 is 0 Å². The maximum Gasteiger partial charge on any atom is 0.317 e. The van der Waals surface area contributed by atoms with Crippen LogP contribution in [0.25, 0.3) is 0 Å². The maximum absolute atomic E-state index is 12.1. The highest BCUT2D eigenvalue weighted by molar-refractivity contribution is 5.74. The van der Waals surface area contributed by atoms with E-state index >= 15 is 0 Å². The number of hydrogen-bond acceptors (Lipinski definition) is 3. The van der Waals surface area contributed by atoms with E-state index in [1.807, 2.05) is 0 Å². The summed E-state index contributed by atoms with van der Waals surface area (Å²) >= 11 is 0. The number of carboxylic acid groups (broad SMARTS) is 1. The van der Waals surface area contributed by atoms with Crippen LogP contribution in [0.2, 0.25) is 0 Å². The molecule has 2 N–H and O–H groups in total. The number of carbonyl (C=O) groups excluding carboxylic acids is 1. The molecule has 1 heterocycles. The molecule has 1 fully saturated rings. The van der Waals surface area contributed by atoms with Crippen molar-refractivity contribution in [2.24, 2.45) is 0 Å². The van der Waals surface area contributed by atoms with E-state index in [2.05, 4.69) is 36.5 Å². The molecule has 1 aromatic rings. The number of ether oxygens (including phenoxy) is 1. The Morgan fingerprint density at radius 2 is 2.09 bits per heavy atom. The molecule has 1 aliphatic rings.